The minimum atomic E-state index is -0.245. The molecular formula is C15H23N3O2. The monoisotopic (exact) mass is 277 g/mol. The van der Waals surface area contributed by atoms with Crippen molar-refractivity contribution in [2.24, 2.45) is 5.92 Å². The van der Waals surface area contributed by atoms with Gasteiger partial charge in [-0.25, -0.2) is 0 Å². The third kappa shape index (κ3) is 3.49. The molecule has 0 aromatic heterocycles. The molecule has 1 aliphatic rings. The van der Waals surface area contributed by atoms with Crippen LogP contribution in [-0.4, -0.2) is 41.7 Å². The van der Waals surface area contributed by atoms with Gasteiger partial charge in [-0.05, 0) is 37.0 Å². The van der Waals surface area contributed by atoms with Crippen LogP contribution in [0.3, 0.4) is 0 Å². The average Bonchev–Trinajstić information content (AvgIpc) is 2.39. The number of carbonyl (C=O) groups excluding carboxylic acids is 1. The van der Waals surface area contributed by atoms with E-state index in [9.17, 15) is 9.90 Å². The van der Waals surface area contributed by atoms with Crippen LogP contribution in [0.15, 0.2) is 18.2 Å². The van der Waals surface area contributed by atoms with Crippen LogP contribution in [0.5, 0.6) is 0 Å². The number of aliphatic hydroxyl groups is 1. The van der Waals surface area contributed by atoms with Gasteiger partial charge in [-0.3, -0.25) is 9.69 Å². The molecule has 0 radical (unpaired) electrons. The second-order valence-corrected chi connectivity index (χ2v) is 5.64. The van der Waals surface area contributed by atoms with Crippen LogP contribution < -0.4 is 11.1 Å². The predicted octanol–water partition coefficient (Wildman–Crippen LogP) is 1.22. The van der Waals surface area contributed by atoms with Crippen molar-refractivity contribution in [3.8, 4) is 0 Å². The lowest BCUT2D eigenvalue weighted by molar-refractivity contribution is -0.118. The molecule has 5 nitrogen and oxygen atoms in total. The number of rotatable bonds is 3. The Kier molecular flexibility index (Phi) is 4.62. The average molecular weight is 277 g/mol. The van der Waals surface area contributed by atoms with Gasteiger partial charge in [0.25, 0.3) is 0 Å². The number of likely N-dealkylation sites (tertiary alicyclic amines) is 1. The quantitative estimate of drug-likeness (QED) is 0.726. The van der Waals surface area contributed by atoms with Crippen molar-refractivity contribution in [3.63, 3.8) is 0 Å². The first-order valence-electron chi connectivity index (χ1n) is 7.02. The van der Waals surface area contributed by atoms with E-state index < -0.39 is 0 Å². The number of nitrogens with one attached hydrogen (secondary N) is 1. The normalized spacial score (nSPS) is 23.6. The number of carbonyl (C=O) groups is 1. The van der Waals surface area contributed by atoms with Crippen LogP contribution in [0, 0.1) is 12.8 Å². The number of hydrogen-bond acceptors (Lipinski definition) is 4. The molecule has 4 N–H and O–H groups in total. The molecule has 5 heteroatoms. The van der Waals surface area contributed by atoms with E-state index in [1.807, 2.05) is 32.0 Å². The molecule has 1 aromatic carbocycles. The zero-order chi connectivity index (χ0) is 14.7. The first-order chi connectivity index (χ1) is 9.47. The summed E-state index contributed by atoms with van der Waals surface area (Å²) in [5.41, 5.74) is 8.16. The fourth-order valence-electron chi connectivity index (χ4n) is 2.54. The number of aliphatic hydroxyl groups excluding tert-OH is 1. The molecular weight excluding hydrogens is 254 g/mol. The predicted molar refractivity (Wildman–Crippen MR) is 80.4 cm³/mol. The Hall–Kier alpha value is -1.59. The van der Waals surface area contributed by atoms with E-state index in [1.54, 1.807) is 0 Å². The van der Waals surface area contributed by atoms with Gasteiger partial charge in [-0.15, -0.1) is 0 Å². The van der Waals surface area contributed by atoms with Crippen molar-refractivity contribution >= 4 is 17.3 Å². The molecule has 1 aromatic rings. The highest BCUT2D eigenvalue weighted by molar-refractivity contribution is 5.93. The molecule has 0 spiro atoms. The first kappa shape index (κ1) is 14.8. The topological polar surface area (TPSA) is 78.6 Å². The van der Waals surface area contributed by atoms with Gasteiger partial charge in [-0.1, -0.05) is 13.0 Å². The molecule has 2 unspecified atom stereocenters. The van der Waals surface area contributed by atoms with E-state index in [2.05, 4.69) is 10.2 Å². The molecule has 0 aliphatic carbocycles. The SMILES string of the molecule is Cc1c(N)cccc1NC(=O)CN1CCC(O)C(C)C1. The van der Waals surface area contributed by atoms with Crippen LogP contribution in [0.1, 0.15) is 18.9 Å². The summed E-state index contributed by atoms with van der Waals surface area (Å²) in [6.07, 6.45) is 0.483. The van der Waals surface area contributed by atoms with Crippen molar-refractivity contribution < 1.29 is 9.90 Å². The Balaban J connectivity index is 1.91. The maximum absolute atomic E-state index is 12.1. The van der Waals surface area contributed by atoms with E-state index in [0.717, 1.165) is 30.8 Å². The Morgan fingerprint density at radius 1 is 1.55 bits per heavy atom. The van der Waals surface area contributed by atoms with E-state index in [1.165, 1.54) is 0 Å². The van der Waals surface area contributed by atoms with Crippen LogP contribution in [-0.2, 0) is 4.79 Å². The lowest BCUT2D eigenvalue weighted by Gasteiger charge is -2.33. The van der Waals surface area contributed by atoms with E-state index in [0.29, 0.717) is 12.2 Å². The fraction of sp³-hybridized carbons (Fsp3) is 0.533. The molecule has 20 heavy (non-hydrogen) atoms. The van der Waals surface area contributed by atoms with Crippen molar-refractivity contribution in [2.45, 2.75) is 26.4 Å². The van der Waals surface area contributed by atoms with Gasteiger partial charge >= 0.3 is 0 Å². The largest absolute Gasteiger partial charge is 0.398 e. The molecule has 110 valence electrons. The number of piperidine rings is 1. The zero-order valence-electron chi connectivity index (χ0n) is 12.1. The van der Waals surface area contributed by atoms with Gasteiger partial charge in [0.05, 0.1) is 12.6 Å². The van der Waals surface area contributed by atoms with Gasteiger partial charge in [0.1, 0.15) is 0 Å². The first-order valence-corrected chi connectivity index (χ1v) is 7.02. The number of hydrogen-bond donors (Lipinski definition) is 3. The Labute approximate surface area is 119 Å². The maximum atomic E-state index is 12.1. The summed E-state index contributed by atoms with van der Waals surface area (Å²) >= 11 is 0. The summed E-state index contributed by atoms with van der Waals surface area (Å²) in [6.45, 7) is 5.77. The number of nitrogen functional groups attached to an aromatic ring is 1. The summed E-state index contributed by atoms with van der Waals surface area (Å²) in [7, 11) is 0. The molecule has 1 aliphatic heterocycles. The minimum absolute atomic E-state index is 0.0395. The molecule has 0 bridgehead atoms. The summed E-state index contributed by atoms with van der Waals surface area (Å²) in [4.78, 5) is 14.2. The lowest BCUT2D eigenvalue weighted by atomic mass is 9.97. The summed E-state index contributed by atoms with van der Waals surface area (Å²) < 4.78 is 0. The Morgan fingerprint density at radius 3 is 3.00 bits per heavy atom. The third-order valence-electron chi connectivity index (χ3n) is 3.96. The van der Waals surface area contributed by atoms with Crippen molar-refractivity contribution in [1.82, 2.24) is 4.90 Å². The lowest BCUT2D eigenvalue weighted by Crippen LogP contribution is -2.45. The molecule has 2 atom stereocenters. The Bertz CT molecular complexity index is 490. The van der Waals surface area contributed by atoms with E-state index in [-0.39, 0.29) is 17.9 Å². The number of anilines is 2. The maximum Gasteiger partial charge on any atom is 0.238 e. The van der Waals surface area contributed by atoms with Gasteiger partial charge in [-0.2, -0.15) is 0 Å². The van der Waals surface area contributed by atoms with Crippen LogP contribution in [0.4, 0.5) is 11.4 Å². The number of nitrogens with zero attached hydrogens (tertiary/aromatic N) is 1. The van der Waals surface area contributed by atoms with Gasteiger partial charge < -0.3 is 16.2 Å². The summed E-state index contributed by atoms with van der Waals surface area (Å²) in [5.74, 6) is 0.174. The minimum Gasteiger partial charge on any atom is -0.398 e. The molecule has 0 saturated carbocycles. The number of amides is 1. The highest BCUT2D eigenvalue weighted by Crippen LogP contribution is 2.21. The molecule has 1 amide bonds. The van der Waals surface area contributed by atoms with Gasteiger partial charge in [0.2, 0.25) is 5.91 Å². The van der Waals surface area contributed by atoms with Crippen LogP contribution >= 0.6 is 0 Å². The van der Waals surface area contributed by atoms with Gasteiger partial charge in [0, 0.05) is 24.5 Å². The smallest absolute Gasteiger partial charge is 0.238 e. The second-order valence-electron chi connectivity index (χ2n) is 5.64. The Morgan fingerprint density at radius 2 is 2.30 bits per heavy atom. The molecule has 1 heterocycles. The highest BCUT2D eigenvalue weighted by atomic mass is 16.3. The fourth-order valence-corrected chi connectivity index (χ4v) is 2.54. The third-order valence-corrected chi connectivity index (χ3v) is 3.96. The summed E-state index contributed by atoms with van der Waals surface area (Å²) in [6, 6.07) is 5.50. The second kappa shape index (κ2) is 6.24. The highest BCUT2D eigenvalue weighted by Gasteiger charge is 2.25. The van der Waals surface area contributed by atoms with Crippen LogP contribution in [0.2, 0.25) is 0 Å². The van der Waals surface area contributed by atoms with Crippen molar-refractivity contribution in [2.75, 3.05) is 30.7 Å². The van der Waals surface area contributed by atoms with Crippen molar-refractivity contribution in [3.05, 3.63) is 23.8 Å². The van der Waals surface area contributed by atoms with E-state index >= 15 is 0 Å². The standard InChI is InChI=1S/C15H23N3O2/c1-10-8-18(7-6-14(10)19)9-15(20)17-13-5-3-4-12(16)11(13)2/h3-5,10,14,19H,6-9,16H2,1-2H3,(H,17,20). The molecule has 1 fully saturated rings. The number of nitrogens with two attached hydrogens (primary N) is 1. The van der Waals surface area contributed by atoms with E-state index in [4.69, 9.17) is 5.73 Å². The van der Waals surface area contributed by atoms with Crippen LogP contribution in [0.25, 0.3) is 0 Å². The number of benzene rings is 1. The van der Waals surface area contributed by atoms with Gasteiger partial charge in [0.15, 0.2) is 0 Å². The molecule has 2 rings (SSSR count). The molecule has 1 saturated heterocycles. The van der Waals surface area contributed by atoms with Crippen molar-refractivity contribution in [1.29, 1.82) is 0 Å². The summed E-state index contributed by atoms with van der Waals surface area (Å²) in [5, 5.41) is 12.6. The zero-order valence-corrected chi connectivity index (χ0v) is 12.1.